The number of ether oxygens (including phenoxy) is 1. The van der Waals surface area contributed by atoms with Gasteiger partial charge in [-0.3, -0.25) is 4.79 Å². The van der Waals surface area contributed by atoms with E-state index in [0.29, 0.717) is 0 Å². The van der Waals surface area contributed by atoms with Gasteiger partial charge in [0.25, 0.3) is 5.91 Å². The molecular formula is C16H21NO5. The Morgan fingerprint density at radius 1 is 1.23 bits per heavy atom. The van der Waals surface area contributed by atoms with Gasteiger partial charge in [0.2, 0.25) is 0 Å². The molecule has 0 saturated carbocycles. The van der Waals surface area contributed by atoms with E-state index in [9.17, 15) is 19.8 Å². The van der Waals surface area contributed by atoms with E-state index < -0.39 is 35.9 Å². The number of aliphatic hydroxyl groups is 2. The highest BCUT2D eigenvalue weighted by molar-refractivity contribution is 5.97. The summed E-state index contributed by atoms with van der Waals surface area (Å²) in [5, 5.41) is 19.9. The van der Waals surface area contributed by atoms with Crippen LogP contribution >= 0.6 is 0 Å². The maximum absolute atomic E-state index is 12.2. The summed E-state index contributed by atoms with van der Waals surface area (Å²) in [6.07, 6.45) is -3.54. The number of hydrogen-bond donors (Lipinski definition) is 2. The fourth-order valence-electron chi connectivity index (χ4n) is 2.42. The minimum absolute atomic E-state index is 0.254. The number of hydrogen-bond acceptors (Lipinski definition) is 5. The summed E-state index contributed by atoms with van der Waals surface area (Å²) < 4.78 is 5.20. The minimum atomic E-state index is -1.61. The van der Waals surface area contributed by atoms with Crippen molar-refractivity contribution >= 4 is 12.0 Å². The van der Waals surface area contributed by atoms with E-state index in [0.717, 1.165) is 10.5 Å². The second kappa shape index (κ2) is 6.06. The van der Waals surface area contributed by atoms with Crippen LogP contribution in [-0.4, -0.2) is 51.0 Å². The summed E-state index contributed by atoms with van der Waals surface area (Å²) in [7, 11) is 0. The number of likely N-dealkylation sites (tertiary alicyclic amines) is 1. The molecule has 1 aliphatic heterocycles. The molecule has 1 heterocycles. The summed E-state index contributed by atoms with van der Waals surface area (Å²) >= 11 is 0. The Morgan fingerprint density at radius 2 is 1.82 bits per heavy atom. The quantitative estimate of drug-likeness (QED) is 0.854. The predicted octanol–water partition coefficient (Wildman–Crippen LogP) is 1.10. The Bertz CT molecular complexity index is 551. The monoisotopic (exact) mass is 307 g/mol. The zero-order valence-electron chi connectivity index (χ0n) is 12.9. The van der Waals surface area contributed by atoms with Crippen LogP contribution in [0.25, 0.3) is 0 Å². The molecule has 0 aromatic heterocycles. The van der Waals surface area contributed by atoms with Crippen LogP contribution in [0.15, 0.2) is 30.3 Å². The first-order chi connectivity index (χ1) is 10.2. The van der Waals surface area contributed by atoms with Crippen molar-refractivity contribution in [2.75, 3.05) is 0 Å². The molecular weight excluding hydrogens is 286 g/mol. The second-order valence-corrected chi connectivity index (χ2v) is 6.38. The van der Waals surface area contributed by atoms with E-state index in [2.05, 4.69) is 0 Å². The van der Waals surface area contributed by atoms with Gasteiger partial charge in [0, 0.05) is 0 Å². The molecule has 0 spiro atoms. The second-order valence-electron chi connectivity index (χ2n) is 6.38. The molecule has 1 fully saturated rings. The first kappa shape index (κ1) is 16.5. The molecule has 0 radical (unpaired) electrons. The SMILES string of the molecule is CC(C)(C)OC(=O)N1C(=O)[C@@H](O)[C@H](O)[C@@H]1Cc1ccccc1. The van der Waals surface area contributed by atoms with Crippen molar-refractivity contribution in [2.24, 2.45) is 0 Å². The average Bonchev–Trinajstić information content (AvgIpc) is 2.63. The van der Waals surface area contributed by atoms with Crippen LogP contribution in [-0.2, 0) is 16.0 Å². The van der Waals surface area contributed by atoms with Gasteiger partial charge in [-0.15, -0.1) is 0 Å². The van der Waals surface area contributed by atoms with Gasteiger partial charge in [-0.05, 0) is 32.8 Å². The molecule has 6 heteroatoms. The number of nitrogens with zero attached hydrogens (tertiary/aromatic N) is 1. The van der Waals surface area contributed by atoms with E-state index in [4.69, 9.17) is 4.74 Å². The van der Waals surface area contributed by atoms with E-state index >= 15 is 0 Å². The Hall–Kier alpha value is -1.92. The van der Waals surface area contributed by atoms with Gasteiger partial charge >= 0.3 is 6.09 Å². The van der Waals surface area contributed by atoms with Crippen LogP contribution < -0.4 is 0 Å². The van der Waals surface area contributed by atoms with Crippen molar-refractivity contribution in [3.8, 4) is 0 Å². The van der Waals surface area contributed by atoms with Crippen molar-refractivity contribution in [3.05, 3.63) is 35.9 Å². The van der Waals surface area contributed by atoms with Crippen molar-refractivity contribution in [1.29, 1.82) is 0 Å². The van der Waals surface area contributed by atoms with E-state index in [1.54, 1.807) is 20.8 Å². The van der Waals surface area contributed by atoms with Gasteiger partial charge in [-0.25, -0.2) is 9.69 Å². The Kier molecular flexibility index (Phi) is 4.53. The number of rotatable bonds is 2. The standard InChI is InChI=1S/C16H21NO5/c1-16(2,3)22-15(21)17-11(12(18)13(19)14(17)20)9-10-7-5-4-6-8-10/h4-8,11-13,18-19H,9H2,1-3H3/t11-,12+,13-/m0/s1. The lowest BCUT2D eigenvalue weighted by Gasteiger charge is -2.28. The third kappa shape index (κ3) is 3.45. The maximum Gasteiger partial charge on any atom is 0.417 e. The van der Waals surface area contributed by atoms with E-state index in [1.807, 2.05) is 30.3 Å². The zero-order valence-corrected chi connectivity index (χ0v) is 12.9. The highest BCUT2D eigenvalue weighted by atomic mass is 16.6. The Labute approximate surface area is 129 Å². The lowest BCUT2D eigenvalue weighted by molar-refractivity contribution is -0.135. The number of aliphatic hydroxyl groups excluding tert-OH is 2. The average molecular weight is 307 g/mol. The molecule has 1 aliphatic rings. The molecule has 2 N–H and O–H groups in total. The van der Waals surface area contributed by atoms with Crippen LogP contribution in [0.1, 0.15) is 26.3 Å². The molecule has 0 unspecified atom stereocenters. The highest BCUT2D eigenvalue weighted by Crippen LogP contribution is 2.26. The number of benzene rings is 1. The molecule has 0 aliphatic carbocycles. The highest BCUT2D eigenvalue weighted by Gasteiger charge is 2.50. The first-order valence-electron chi connectivity index (χ1n) is 7.17. The maximum atomic E-state index is 12.2. The lowest BCUT2D eigenvalue weighted by Crippen LogP contribution is -2.45. The van der Waals surface area contributed by atoms with Crippen molar-refractivity contribution < 1.29 is 24.5 Å². The zero-order chi connectivity index (χ0) is 16.5. The molecule has 22 heavy (non-hydrogen) atoms. The summed E-state index contributed by atoms with van der Waals surface area (Å²) in [6.45, 7) is 5.06. The third-order valence-electron chi connectivity index (χ3n) is 3.42. The minimum Gasteiger partial charge on any atom is -0.443 e. The molecule has 1 aromatic rings. The number of imide groups is 1. The normalized spacial score (nSPS) is 25.4. The summed E-state index contributed by atoms with van der Waals surface area (Å²) in [5.74, 6) is -0.831. The van der Waals surface area contributed by atoms with E-state index in [-0.39, 0.29) is 6.42 Å². The largest absolute Gasteiger partial charge is 0.443 e. The van der Waals surface area contributed by atoms with Crippen LogP contribution in [0.4, 0.5) is 4.79 Å². The summed E-state index contributed by atoms with van der Waals surface area (Å²) in [4.78, 5) is 25.1. The molecule has 3 atom stereocenters. The van der Waals surface area contributed by atoms with Gasteiger partial charge < -0.3 is 14.9 Å². The van der Waals surface area contributed by atoms with Crippen molar-refractivity contribution in [1.82, 2.24) is 4.90 Å². The fraction of sp³-hybridized carbons (Fsp3) is 0.500. The third-order valence-corrected chi connectivity index (χ3v) is 3.42. The number of carbonyl (C=O) groups excluding carboxylic acids is 2. The van der Waals surface area contributed by atoms with Gasteiger partial charge in [-0.1, -0.05) is 30.3 Å². The Morgan fingerprint density at radius 3 is 2.36 bits per heavy atom. The van der Waals surface area contributed by atoms with Crippen molar-refractivity contribution in [3.63, 3.8) is 0 Å². The van der Waals surface area contributed by atoms with Crippen LogP contribution in [0.5, 0.6) is 0 Å². The molecule has 2 rings (SSSR count). The molecule has 1 saturated heterocycles. The first-order valence-corrected chi connectivity index (χ1v) is 7.17. The smallest absolute Gasteiger partial charge is 0.417 e. The Balaban J connectivity index is 2.24. The summed E-state index contributed by atoms with van der Waals surface area (Å²) in [6, 6.07) is 8.31. The number of amides is 2. The van der Waals surface area contributed by atoms with Crippen LogP contribution in [0.3, 0.4) is 0 Å². The number of carbonyl (C=O) groups is 2. The molecule has 120 valence electrons. The van der Waals surface area contributed by atoms with Crippen LogP contribution in [0, 0.1) is 0 Å². The molecule has 2 amide bonds. The van der Waals surface area contributed by atoms with Crippen molar-refractivity contribution in [2.45, 2.75) is 51.0 Å². The molecule has 6 nitrogen and oxygen atoms in total. The topological polar surface area (TPSA) is 87.1 Å². The fourth-order valence-corrected chi connectivity index (χ4v) is 2.42. The lowest BCUT2D eigenvalue weighted by atomic mass is 10.0. The molecule has 0 bridgehead atoms. The van der Waals surface area contributed by atoms with Gasteiger partial charge in [0.15, 0.2) is 6.10 Å². The van der Waals surface area contributed by atoms with Gasteiger partial charge in [0.1, 0.15) is 11.7 Å². The molecule has 1 aromatic carbocycles. The van der Waals surface area contributed by atoms with E-state index in [1.165, 1.54) is 0 Å². The predicted molar refractivity (Wildman–Crippen MR) is 79.0 cm³/mol. The summed E-state index contributed by atoms with van der Waals surface area (Å²) in [5.41, 5.74) is 0.0784. The van der Waals surface area contributed by atoms with Gasteiger partial charge in [0.05, 0.1) is 6.04 Å². The van der Waals surface area contributed by atoms with Crippen LogP contribution in [0.2, 0.25) is 0 Å². The van der Waals surface area contributed by atoms with Gasteiger partial charge in [-0.2, -0.15) is 0 Å².